The third kappa shape index (κ3) is 2.67. The molecule has 0 saturated carbocycles. The van der Waals surface area contributed by atoms with Gasteiger partial charge in [0.15, 0.2) is 0 Å². The van der Waals surface area contributed by atoms with Crippen molar-refractivity contribution >= 4 is 5.97 Å². The van der Waals surface area contributed by atoms with Gasteiger partial charge in [-0.15, -0.1) is 0 Å². The first-order chi connectivity index (χ1) is 8.12. The molecule has 3 nitrogen and oxygen atoms in total. The molecule has 0 aromatic heterocycles. The van der Waals surface area contributed by atoms with E-state index in [2.05, 4.69) is 36.5 Å². The van der Waals surface area contributed by atoms with Gasteiger partial charge in [-0.25, -0.2) is 0 Å². The molecule has 1 unspecified atom stereocenters. The Balaban J connectivity index is 2.00. The maximum Gasteiger partial charge on any atom is 0.323 e. The van der Waals surface area contributed by atoms with Crippen LogP contribution in [-0.2, 0) is 11.2 Å². The second kappa shape index (κ2) is 4.88. The van der Waals surface area contributed by atoms with E-state index >= 15 is 0 Å². The van der Waals surface area contributed by atoms with Gasteiger partial charge in [0.2, 0.25) is 0 Å². The van der Waals surface area contributed by atoms with Crippen LogP contribution in [0.1, 0.15) is 30.4 Å². The lowest BCUT2D eigenvalue weighted by atomic mass is 9.90. The predicted octanol–water partition coefficient (Wildman–Crippen LogP) is 2.13. The monoisotopic (exact) mass is 233 g/mol. The number of aryl methyl sites for hydroxylation is 2. The Morgan fingerprint density at radius 1 is 1.41 bits per heavy atom. The number of hydrogen-bond donors (Lipinski definition) is 2. The molecule has 2 rings (SSSR count). The third-order valence-corrected chi connectivity index (χ3v) is 3.61. The first-order valence-electron chi connectivity index (χ1n) is 6.16. The van der Waals surface area contributed by atoms with E-state index in [9.17, 15) is 9.90 Å². The molecule has 1 aromatic carbocycles. The van der Waals surface area contributed by atoms with Gasteiger partial charge < -0.3 is 10.4 Å². The summed E-state index contributed by atoms with van der Waals surface area (Å²) in [5.74, 6) is -0.706. The minimum absolute atomic E-state index is 0.672. The van der Waals surface area contributed by atoms with Gasteiger partial charge in [0.05, 0.1) is 0 Å². The van der Waals surface area contributed by atoms with Gasteiger partial charge in [0, 0.05) is 0 Å². The highest BCUT2D eigenvalue weighted by atomic mass is 16.4. The van der Waals surface area contributed by atoms with E-state index in [0.717, 1.165) is 25.8 Å². The van der Waals surface area contributed by atoms with Gasteiger partial charge in [-0.2, -0.15) is 0 Å². The molecule has 0 aliphatic carbocycles. The molecule has 1 aliphatic heterocycles. The van der Waals surface area contributed by atoms with Crippen LogP contribution in [-0.4, -0.2) is 23.2 Å². The molecule has 1 aromatic rings. The number of carboxylic acids is 1. The van der Waals surface area contributed by atoms with Gasteiger partial charge in [0.1, 0.15) is 5.54 Å². The fraction of sp³-hybridized carbons (Fsp3) is 0.500. The molecular formula is C14H19NO2. The van der Waals surface area contributed by atoms with E-state index in [1.807, 2.05) is 0 Å². The summed E-state index contributed by atoms with van der Waals surface area (Å²) in [5.41, 5.74) is 1.76. The quantitative estimate of drug-likeness (QED) is 0.837. The summed E-state index contributed by atoms with van der Waals surface area (Å²) in [5, 5.41) is 12.5. The Morgan fingerprint density at radius 3 is 2.65 bits per heavy atom. The molecule has 0 radical (unpaired) electrons. The Kier molecular flexibility index (Phi) is 3.48. The molecule has 1 saturated heterocycles. The van der Waals surface area contributed by atoms with Crippen LogP contribution in [0.2, 0.25) is 0 Å². The van der Waals surface area contributed by atoms with Crippen LogP contribution in [0.25, 0.3) is 0 Å². The number of hydrogen-bond acceptors (Lipinski definition) is 2. The Bertz CT molecular complexity index is 391. The van der Waals surface area contributed by atoms with Crippen molar-refractivity contribution in [1.82, 2.24) is 5.32 Å². The summed E-state index contributed by atoms with van der Waals surface area (Å²) in [7, 11) is 0. The molecule has 17 heavy (non-hydrogen) atoms. The van der Waals surface area contributed by atoms with Crippen molar-refractivity contribution in [2.24, 2.45) is 0 Å². The van der Waals surface area contributed by atoms with Crippen LogP contribution in [0.15, 0.2) is 24.3 Å². The predicted molar refractivity (Wildman–Crippen MR) is 67.1 cm³/mol. The zero-order chi connectivity index (χ0) is 12.3. The van der Waals surface area contributed by atoms with E-state index in [-0.39, 0.29) is 0 Å². The molecule has 1 atom stereocenters. The second-order valence-electron chi connectivity index (χ2n) is 4.90. The van der Waals surface area contributed by atoms with Crippen molar-refractivity contribution in [1.29, 1.82) is 0 Å². The van der Waals surface area contributed by atoms with Crippen molar-refractivity contribution in [3.05, 3.63) is 35.4 Å². The van der Waals surface area contributed by atoms with Crippen LogP contribution in [0.3, 0.4) is 0 Å². The fourth-order valence-electron chi connectivity index (χ4n) is 2.42. The lowest BCUT2D eigenvalue weighted by Crippen LogP contribution is -2.47. The number of aliphatic carboxylic acids is 1. The van der Waals surface area contributed by atoms with E-state index in [4.69, 9.17) is 0 Å². The summed E-state index contributed by atoms with van der Waals surface area (Å²) < 4.78 is 0. The minimum Gasteiger partial charge on any atom is -0.480 e. The fourth-order valence-corrected chi connectivity index (χ4v) is 2.42. The zero-order valence-electron chi connectivity index (χ0n) is 10.2. The molecule has 0 amide bonds. The highest BCUT2D eigenvalue weighted by molar-refractivity contribution is 5.79. The summed E-state index contributed by atoms with van der Waals surface area (Å²) in [6.07, 6.45) is 3.19. The molecular weight excluding hydrogens is 214 g/mol. The molecule has 0 spiro atoms. The standard InChI is InChI=1S/C14H19NO2/c1-11-3-5-12(6-4-11)7-9-14(13(16)17)8-2-10-15-14/h3-6,15H,2,7-10H2,1H3,(H,16,17). The molecule has 1 fully saturated rings. The van der Waals surface area contributed by atoms with E-state index in [1.54, 1.807) is 0 Å². The topological polar surface area (TPSA) is 49.3 Å². The molecule has 3 heteroatoms. The largest absolute Gasteiger partial charge is 0.480 e. The molecule has 92 valence electrons. The van der Waals surface area contributed by atoms with Gasteiger partial charge in [-0.1, -0.05) is 29.8 Å². The minimum atomic E-state index is -0.706. The SMILES string of the molecule is Cc1ccc(CCC2(C(=O)O)CCCN2)cc1. The molecule has 1 aliphatic rings. The van der Waals surface area contributed by atoms with Crippen LogP contribution < -0.4 is 5.32 Å². The Morgan fingerprint density at radius 2 is 2.12 bits per heavy atom. The van der Waals surface area contributed by atoms with Crippen molar-refractivity contribution < 1.29 is 9.90 Å². The summed E-state index contributed by atoms with van der Waals surface area (Å²) >= 11 is 0. The van der Waals surface area contributed by atoms with E-state index in [0.29, 0.717) is 6.42 Å². The average molecular weight is 233 g/mol. The first-order valence-corrected chi connectivity index (χ1v) is 6.16. The van der Waals surface area contributed by atoms with Crippen molar-refractivity contribution in [3.8, 4) is 0 Å². The molecule has 0 bridgehead atoms. The van der Waals surface area contributed by atoms with Gasteiger partial charge in [0.25, 0.3) is 0 Å². The van der Waals surface area contributed by atoms with Crippen LogP contribution in [0.5, 0.6) is 0 Å². The maximum atomic E-state index is 11.3. The summed E-state index contributed by atoms with van der Waals surface area (Å²) in [4.78, 5) is 11.3. The number of nitrogens with one attached hydrogen (secondary N) is 1. The Labute approximate surface area is 102 Å². The molecule has 1 heterocycles. The molecule has 2 N–H and O–H groups in total. The highest BCUT2D eigenvalue weighted by Gasteiger charge is 2.40. The zero-order valence-corrected chi connectivity index (χ0v) is 10.2. The maximum absolute atomic E-state index is 11.3. The van der Waals surface area contributed by atoms with E-state index in [1.165, 1.54) is 11.1 Å². The smallest absolute Gasteiger partial charge is 0.323 e. The number of carbonyl (C=O) groups is 1. The number of benzene rings is 1. The van der Waals surface area contributed by atoms with Crippen LogP contribution in [0.4, 0.5) is 0 Å². The van der Waals surface area contributed by atoms with Crippen molar-refractivity contribution in [2.75, 3.05) is 6.54 Å². The second-order valence-corrected chi connectivity index (χ2v) is 4.90. The first kappa shape index (κ1) is 12.1. The van der Waals surface area contributed by atoms with Gasteiger partial charge in [-0.05, 0) is 44.7 Å². The average Bonchev–Trinajstić information content (AvgIpc) is 2.78. The van der Waals surface area contributed by atoms with Gasteiger partial charge in [-0.3, -0.25) is 4.79 Å². The van der Waals surface area contributed by atoms with Gasteiger partial charge >= 0.3 is 5.97 Å². The summed E-state index contributed by atoms with van der Waals surface area (Å²) in [6, 6.07) is 8.31. The highest BCUT2D eigenvalue weighted by Crippen LogP contribution is 2.25. The lowest BCUT2D eigenvalue weighted by molar-refractivity contribution is -0.144. The van der Waals surface area contributed by atoms with Crippen molar-refractivity contribution in [3.63, 3.8) is 0 Å². The number of rotatable bonds is 4. The van der Waals surface area contributed by atoms with Crippen LogP contribution >= 0.6 is 0 Å². The third-order valence-electron chi connectivity index (χ3n) is 3.61. The number of carboxylic acid groups (broad SMARTS) is 1. The Hall–Kier alpha value is -1.35. The van der Waals surface area contributed by atoms with Crippen LogP contribution in [0, 0.1) is 6.92 Å². The van der Waals surface area contributed by atoms with E-state index < -0.39 is 11.5 Å². The normalized spacial score (nSPS) is 23.8. The summed E-state index contributed by atoms with van der Waals surface area (Å²) in [6.45, 7) is 2.88. The van der Waals surface area contributed by atoms with Crippen molar-refractivity contribution in [2.45, 2.75) is 38.1 Å². The lowest BCUT2D eigenvalue weighted by Gasteiger charge is -2.24.